The second-order valence-electron chi connectivity index (χ2n) is 6.26. The van der Waals surface area contributed by atoms with Crippen molar-refractivity contribution in [2.75, 3.05) is 33.3 Å². The first-order valence-electron chi connectivity index (χ1n) is 8.76. The number of hydrogen-bond acceptors (Lipinski definition) is 3. The zero-order chi connectivity index (χ0) is 14.8. The molecule has 1 heterocycles. The van der Waals surface area contributed by atoms with E-state index < -0.39 is 0 Å². The number of nitrogens with one attached hydrogen (secondary N) is 1. The average molecular weight is 284 g/mol. The van der Waals surface area contributed by atoms with E-state index in [1.165, 1.54) is 45.1 Å². The molecule has 0 spiro atoms. The summed E-state index contributed by atoms with van der Waals surface area (Å²) < 4.78 is 6.05. The number of morpholine rings is 1. The monoisotopic (exact) mass is 284 g/mol. The summed E-state index contributed by atoms with van der Waals surface area (Å²) in [4.78, 5) is 2.56. The van der Waals surface area contributed by atoms with Crippen LogP contribution in [0.25, 0.3) is 0 Å². The highest BCUT2D eigenvalue weighted by molar-refractivity contribution is 4.84. The van der Waals surface area contributed by atoms with Crippen molar-refractivity contribution in [1.29, 1.82) is 0 Å². The van der Waals surface area contributed by atoms with Gasteiger partial charge in [-0.25, -0.2) is 0 Å². The first-order valence-corrected chi connectivity index (χ1v) is 8.76. The molecule has 1 fully saturated rings. The Kier molecular flexibility index (Phi) is 9.49. The zero-order valence-corrected chi connectivity index (χ0v) is 14.2. The molecule has 3 atom stereocenters. The van der Waals surface area contributed by atoms with Crippen LogP contribution < -0.4 is 5.32 Å². The van der Waals surface area contributed by atoms with E-state index in [9.17, 15) is 0 Å². The fourth-order valence-electron chi connectivity index (χ4n) is 3.29. The lowest BCUT2D eigenvalue weighted by Gasteiger charge is -2.38. The highest BCUT2D eigenvalue weighted by Gasteiger charge is 2.28. The SMILES string of the molecule is CCCCC(CC)CC(NC)C1CN(CCC)CCO1. The molecule has 0 bridgehead atoms. The van der Waals surface area contributed by atoms with Gasteiger partial charge >= 0.3 is 0 Å². The van der Waals surface area contributed by atoms with Gasteiger partial charge in [0.1, 0.15) is 0 Å². The standard InChI is InChI=1S/C17H36N2O/c1-5-8-9-15(7-3)13-16(18-4)17-14-19(10-6-2)11-12-20-17/h15-18H,5-14H2,1-4H3. The lowest BCUT2D eigenvalue weighted by Crippen LogP contribution is -2.52. The minimum atomic E-state index is 0.371. The third-order valence-corrected chi connectivity index (χ3v) is 4.67. The molecule has 1 aliphatic rings. The molecule has 3 unspecified atom stereocenters. The maximum Gasteiger partial charge on any atom is 0.0855 e. The Morgan fingerprint density at radius 3 is 2.65 bits per heavy atom. The summed E-state index contributed by atoms with van der Waals surface area (Å²) in [6, 6.07) is 0.511. The summed E-state index contributed by atoms with van der Waals surface area (Å²) in [5.41, 5.74) is 0. The molecular weight excluding hydrogens is 248 g/mol. The number of ether oxygens (including phenoxy) is 1. The third-order valence-electron chi connectivity index (χ3n) is 4.67. The highest BCUT2D eigenvalue weighted by atomic mass is 16.5. The Hall–Kier alpha value is -0.120. The molecule has 0 amide bonds. The number of rotatable bonds is 10. The van der Waals surface area contributed by atoms with Gasteiger partial charge in [0.25, 0.3) is 0 Å². The molecular formula is C17H36N2O. The summed E-state index contributed by atoms with van der Waals surface area (Å²) in [6.07, 6.45) is 8.21. The van der Waals surface area contributed by atoms with Crippen molar-refractivity contribution in [1.82, 2.24) is 10.2 Å². The van der Waals surface area contributed by atoms with Crippen LogP contribution in [0.4, 0.5) is 0 Å². The topological polar surface area (TPSA) is 24.5 Å². The van der Waals surface area contributed by atoms with Gasteiger partial charge in [0.2, 0.25) is 0 Å². The molecule has 1 N–H and O–H groups in total. The predicted octanol–water partition coefficient (Wildman–Crippen LogP) is 3.29. The Morgan fingerprint density at radius 2 is 2.05 bits per heavy atom. The van der Waals surface area contributed by atoms with Crippen LogP contribution >= 0.6 is 0 Å². The molecule has 0 aliphatic carbocycles. The Balaban J connectivity index is 2.46. The summed E-state index contributed by atoms with van der Waals surface area (Å²) in [5, 5.41) is 3.52. The summed E-state index contributed by atoms with van der Waals surface area (Å²) >= 11 is 0. The smallest absolute Gasteiger partial charge is 0.0855 e. The molecule has 3 nitrogen and oxygen atoms in total. The van der Waals surface area contributed by atoms with Crippen molar-refractivity contribution in [3.05, 3.63) is 0 Å². The van der Waals surface area contributed by atoms with E-state index in [-0.39, 0.29) is 0 Å². The first-order chi connectivity index (χ1) is 9.74. The maximum atomic E-state index is 6.05. The van der Waals surface area contributed by atoms with Gasteiger partial charge in [-0.15, -0.1) is 0 Å². The Morgan fingerprint density at radius 1 is 1.25 bits per heavy atom. The second-order valence-corrected chi connectivity index (χ2v) is 6.26. The first kappa shape index (κ1) is 17.9. The predicted molar refractivity (Wildman–Crippen MR) is 87.2 cm³/mol. The van der Waals surface area contributed by atoms with Gasteiger partial charge in [0, 0.05) is 19.1 Å². The minimum Gasteiger partial charge on any atom is -0.374 e. The minimum absolute atomic E-state index is 0.371. The second kappa shape index (κ2) is 10.6. The molecule has 1 rings (SSSR count). The summed E-state index contributed by atoms with van der Waals surface area (Å²) in [7, 11) is 2.10. The van der Waals surface area contributed by atoms with Gasteiger partial charge in [0.05, 0.1) is 12.7 Å². The van der Waals surface area contributed by atoms with E-state index >= 15 is 0 Å². The quantitative estimate of drug-likeness (QED) is 0.666. The number of hydrogen-bond donors (Lipinski definition) is 1. The Bertz CT molecular complexity index is 233. The number of nitrogens with zero attached hydrogens (tertiary/aromatic N) is 1. The lowest BCUT2D eigenvalue weighted by molar-refractivity contribution is -0.0490. The lowest BCUT2D eigenvalue weighted by atomic mass is 9.89. The van der Waals surface area contributed by atoms with E-state index in [4.69, 9.17) is 4.74 Å². The van der Waals surface area contributed by atoms with Crippen LogP contribution in [0.1, 0.15) is 59.3 Å². The highest BCUT2D eigenvalue weighted by Crippen LogP contribution is 2.22. The van der Waals surface area contributed by atoms with Gasteiger partial charge in [-0.1, -0.05) is 46.5 Å². The average Bonchev–Trinajstić information content (AvgIpc) is 2.48. The summed E-state index contributed by atoms with van der Waals surface area (Å²) in [6.45, 7) is 11.2. The molecule has 120 valence electrons. The van der Waals surface area contributed by atoms with Crippen molar-refractivity contribution in [3.8, 4) is 0 Å². The zero-order valence-electron chi connectivity index (χ0n) is 14.2. The molecule has 1 aliphatic heterocycles. The van der Waals surface area contributed by atoms with Crippen LogP contribution in [0.2, 0.25) is 0 Å². The van der Waals surface area contributed by atoms with E-state index in [1.54, 1.807) is 0 Å². The van der Waals surface area contributed by atoms with Crippen LogP contribution in [0.5, 0.6) is 0 Å². The number of likely N-dealkylation sites (N-methyl/N-ethyl adjacent to an activating group) is 1. The molecule has 0 radical (unpaired) electrons. The maximum absolute atomic E-state index is 6.05. The van der Waals surface area contributed by atoms with Gasteiger partial charge in [0.15, 0.2) is 0 Å². The van der Waals surface area contributed by atoms with Crippen molar-refractivity contribution in [2.24, 2.45) is 5.92 Å². The molecule has 0 saturated carbocycles. The number of unbranched alkanes of at least 4 members (excludes halogenated alkanes) is 1. The van der Waals surface area contributed by atoms with E-state index in [0.717, 1.165) is 25.6 Å². The van der Waals surface area contributed by atoms with E-state index in [2.05, 4.69) is 38.0 Å². The Labute approximate surface area is 126 Å². The van der Waals surface area contributed by atoms with Gasteiger partial charge in [-0.3, -0.25) is 4.90 Å². The van der Waals surface area contributed by atoms with Gasteiger partial charge < -0.3 is 10.1 Å². The van der Waals surface area contributed by atoms with Crippen LogP contribution in [-0.2, 0) is 4.74 Å². The van der Waals surface area contributed by atoms with Crippen LogP contribution in [0, 0.1) is 5.92 Å². The van der Waals surface area contributed by atoms with Crippen molar-refractivity contribution in [3.63, 3.8) is 0 Å². The largest absolute Gasteiger partial charge is 0.374 e. The van der Waals surface area contributed by atoms with E-state index in [1.807, 2.05) is 0 Å². The molecule has 20 heavy (non-hydrogen) atoms. The fourth-order valence-corrected chi connectivity index (χ4v) is 3.29. The molecule has 0 aromatic carbocycles. The molecule has 1 saturated heterocycles. The molecule has 0 aromatic rings. The van der Waals surface area contributed by atoms with Gasteiger partial charge in [-0.2, -0.15) is 0 Å². The normalized spacial score (nSPS) is 23.7. The van der Waals surface area contributed by atoms with E-state index in [0.29, 0.717) is 12.1 Å². The summed E-state index contributed by atoms with van der Waals surface area (Å²) in [5.74, 6) is 0.845. The molecule has 3 heteroatoms. The third kappa shape index (κ3) is 6.11. The van der Waals surface area contributed by atoms with Crippen LogP contribution in [0.3, 0.4) is 0 Å². The van der Waals surface area contributed by atoms with Crippen LogP contribution in [-0.4, -0.2) is 50.3 Å². The van der Waals surface area contributed by atoms with Crippen molar-refractivity contribution >= 4 is 0 Å². The fraction of sp³-hybridized carbons (Fsp3) is 1.00. The van der Waals surface area contributed by atoms with Crippen molar-refractivity contribution in [2.45, 2.75) is 71.4 Å². The van der Waals surface area contributed by atoms with Crippen LogP contribution in [0.15, 0.2) is 0 Å². The molecule has 0 aromatic heterocycles. The van der Waals surface area contributed by atoms with Gasteiger partial charge in [-0.05, 0) is 32.4 Å². The van der Waals surface area contributed by atoms with Crippen molar-refractivity contribution < 1.29 is 4.74 Å².